The molecule has 3 heteroatoms. The van der Waals surface area contributed by atoms with E-state index in [2.05, 4.69) is 39.5 Å². The molecular weight excluding hydrogens is 396 g/mol. The second-order valence-electron chi connectivity index (χ2n) is 12.1. The zero-order valence-corrected chi connectivity index (χ0v) is 21.2. The summed E-state index contributed by atoms with van der Waals surface area (Å²) in [6.07, 6.45) is 14.0. The summed E-state index contributed by atoms with van der Waals surface area (Å²) in [5.41, 5.74) is 3.07. The summed E-state index contributed by atoms with van der Waals surface area (Å²) in [6.45, 7) is 15.0. The first-order valence-corrected chi connectivity index (χ1v) is 13.1. The second kappa shape index (κ2) is 10.2. The Hall–Kier alpha value is -0.900. The fraction of sp³-hybridized carbons (Fsp3) is 0.793. The molecule has 0 aromatic heterocycles. The lowest BCUT2D eigenvalue weighted by Crippen LogP contribution is -2.38. The molecule has 182 valence electrons. The molecule has 0 unspecified atom stereocenters. The van der Waals surface area contributed by atoms with Gasteiger partial charge in [-0.1, -0.05) is 57.1 Å². The Balaban J connectivity index is 1.73. The summed E-state index contributed by atoms with van der Waals surface area (Å²) >= 11 is 0. The quantitative estimate of drug-likeness (QED) is 0.401. The Morgan fingerprint density at radius 3 is 2.41 bits per heavy atom. The van der Waals surface area contributed by atoms with Crippen LogP contribution in [0.5, 0.6) is 0 Å². The van der Waals surface area contributed by atoms with Gasteiger partial charge in [-0.3, -0.25) is 0 Å². The van der Waals surface area contributed by atoms with Gasteiger partial charge in [0.1, 0.15) is 0 Å². The highest BCUT2D eigenvalue weighted by Gasteiger charge is 2.51. The van der Waals surface area contributed by atoms with Gasteiger partial charge in [0.15, 0.2) is 0 Å². The van der Waals surface area contributed by atoms with E-state index in [1.165, 1.54) is 38.5 Å². The molecule has 3 nitrogen and oxygen atoms in total. The number of rotatable bonds is 7. The fourth-order valence-electron chi connectivity index (χ4n) is 7.27. The van der Waals surface area contributed by atoms with E-state index in [0.29, 0.717) is 41.6 Å². The SMILES string of the molecule is C=C1[C@H](O)CC(=C/C=C2\CCC[C@]3(C)[C@@H]([C@H](C)[C@@H](CC)CCC(C)(C)O)CC[C@@H]23)C[C@H]1O. The van der Waals surface area contributed by atoms with Gasteiger partial charge in [0, 0.05) is 0 Å². The number of hydrogen-bond donors (Lipinski definition) is 3. The number of aliphatic hydroxyl groups excluding tert-OH is 2. The first-order valence-electron chi connectivity index (χ1n) is 13.1. The minimum atomic E-state index is -0.619. The Morgan fingerprint density at radius 1 is 1.16 bits per heavy atom. The maximum absolute atomic E-state index is 10.2. The van der Waals surface area contributed by atoms with Crippen molar-refractivity contribution in [3.63, 3.8) is 0 Å². The molecular formula is C29H48O3. The van der Waals surface area contributed by atoms with Crippen LogP contribution in [-0.2, 0) is 0 Å². The lowest BCUT2D eigenvalue weighted by Gasteiger charge is -2.46. The molecule has 0 aromatic carbocycles. The van der Waals surface area contributed by atoms with Gasteiger partial charge in [0.25, 0.3) is 0 Å². The molecule has 0 heterocycles. The van der Waals surface area contributed by atoms with Crippen molar-refractivity contribution in [1.82, 2.24) is 0 Å². The van der Waals surface area contributed by atoms with Crippen LogP contribution < -0.4 is 0 Å². The minimum absolute atomic E-state index is 0.365. The van der Waals surface area contributed by atoms with Gasteiger partial charge in [0.2, 0.25) is 0 Å². The normalized spacial score (nSPS) is 36.8. The van der Waals surface area contributed by atoms with E-state index in [1.807, 2.05) is 13.8 Å². The van der Waals surface area contributed by atoms with Crippen LogP contribution in [0.4, 0.5) is 0 Å². The van der Waals surface area contributed by atoms with E-state index in [4.69, 9.17) is 0 Å². The van der Waals surface area contributed by atoms with Crippen molar-refractivity contribution in [2.45, 2.75) is 117 Å². The van der Waals surface area contributed by atoms with Crippen molar-refractivity contribution < 1.29 is 15.3 Å². The molecule has 3 aliphatic carbocycles. The van der Waals surface area contributed by atoms with Crippen molar-refractivity contribution in [2.75, 3.05) is 0 Å². The average molecular weight is 445 g/mol. The number of aliphatic hydroxyl groups is 3. The summed E-state index contributed by atoms with van der Waals surface area (Å²) in [5.74, 6) is 2.76. The van der Waals surface area contributed by atoms with Gasteiger partial charge in [-0.05, 0) is 106 Å². The first-order chi connectivity index (χ1) is 15.0. The van der Waals surface area contributed by atoms with Crippen molar-refractivity contribution in [3.8, 4) is 0 Å². The van der Waals surface area contributed by atoms with Gasteiger partial charge in [0.05, 0.1) is 17.8 Å². The van der Waals surface area contributed by atoms with Crippen LogP contribution >= 0.6 is 0 Å². The van der Waals surface area contributed by atoms with E-state index in [-0.39, 0.29) is 0 Å². The topological polar surface area (TPSA) is 60.7 Å². The summed E-state index contributed by atoms with van der Waals surface area (Å²) in [5, 5.41) is 30.6. The van der Waals surface area contributed by atoms with E-state index in [1.54, 1.807) is 5.57 Å². The Kier molecular flexibility index (Phi) is 8.16. The van der Waals surface area contributed by atoms with Gasteiger partial charge >= 0.3 is 0 Å². The minimum Gasteiger partial charge on any atom is -0.390 e. The maximum Gasteiger partial charge on any atom is 0.0809 e. The molecule has 0 amide bonds. The van der Waals surface area contributed by atoms with Crippen LogP contribution in [0.2, 0.25) is 0 Å². The average Bonchev–Trinajstić information content (AvgIpc) is 3.07. The van der Waals surface area contributed by atoms with E-state index >= 15 is 0 Å². The lowest BCUT2D eigenvalue weighted by atomic mass is 9.59. The van der Waals surface area contributed by atoms with Crippen molar-refractivity contribution in [1.29, 1.82) is 0 Å². The predicted octanol–water partition coefficient (Wildman–Crippen LogP) is 6.34. The highest BCUT2D eigenvalue weighted by Crippen LogP contribution is 2.60. The van der Waals surface area contributed by atoms with Crippen molar-refractivity contribution >= 4 is 0 Å². The Labute approximate surface area is 196 Å². The van der Waals surface area contributed by atoms with Gasteiger partial charge in [-0.25, -0.2) is 0 Å². The molecule has 3 N–H and O–H groups in total. The highest BCUT2D eigenvalue weighted by atomic mass is 16.3. The zero-order valence-electron chi connectivity index (χ0n) is 21.2. The predicted molar refractivity (Wildman–Crippen MR) is 133 cm³/mol. The van der Waals surface area contributed by atoms with E-state index < -0.39 is 17.8 Å². The summed E-state index contributed by atoms with van der Waals surface area (Å²) in [6, 6.07) is 0. The van der Waals surface area contributed by atoms with E-state index in [9.17, 15) is 15.3 Å². The highest BCUT2D eigenvalue weighted by molar-refractivity contribution is 5.29. The fourth-order valence-corrected chi connectivity index (χ4v) is 7.27. The molecule has 0 saturated heterocycles. The number of hydrogen-bond acceptors (Lipinski definition) is 3. The number of allylic oxidation sites excluding steroid dienone is 3. The molecule has 32 heavy (non-hydrogen) atoms. The third-order valence-corrected chi connectivity index (χ3v) is 9.37. The standard InChI is InChI=1S/C29H48O3/c1-7-22(14-16-28(4,5)32)19(2)24-12-13-25-23(9-8-15-29(24,25)6)11-10-21-17-26(30)20(3)27(31)18-21/h10-11,19,22,24-27,30-32H,3,7-9,12-18H2,1-2,4-6H3/b23-11+/t19-,22+,24-,25+,26-,27-,29-/m1/s1. The Morgan fingerprint density at radius 2 is 1.81 bits per heavy atom. The molecule has 3 saturated carbocycles. The molecule has 0 radical (unpaired) electrons. The van der Waals surface area contributed by atoms with Gasteiger partial charge in [-0.15, -0.1) is 0 Å². The largest absolute Gasteiger partial charge is 0.390 e. The van der Waals surface area contributed by atoms with Crippen LogP contribution in [-0.4, -0.2) is 33.1 Å². The second-order valence-corrected chi connectivity index (χ2v) is 12.1. The third-order valence-electron chi connectivity index (χ3n) is 9.37. The van der Waals surface area contributed by atoms with Crippen LogP contribution in [0.25, 0.3) is 0 Å². The summed E-state index contributed by atoms with van der Waals surface area (Å²) < 4.78 is 0. The van der Waals surface area contributed by atoms with Crippen molar-refractivity contribution in [3.05, 3.63) is 35.5 Å². The van der Waals surface area contributed by atoms with E-state index in [0.717, 1.165) is 24.3 Å². The van der Waals surface area contributed by atoms with Crippen LogP contribution in [0.3, 0.4) is 0 Å². The Bertz CT molecular complexity index is 711. The van der Waals surface area contributed by atoms with Crippen LogP contribution in [0.15, 0.2) is 35.5 Å². The molecule has 0 spiro atoms. The van der Waals surface area contributed by atoms with Crippen molar-refractivity contribution in [2.24, 2.45) is 29.1 Å². The molecule has 3 rings (SSSR count). The van der Waals surface area contributed by atoms with Gasteiger partial charge in [-0.2, -0.15) is 0 Å². The van der Waals surface area contributed by atoms with Crippen LogP contribution in [0.1, 0.15) is 98.8 Å². The summed E-state index contributed by atoms with van der Waals surface area (Å²) in [4.78, 5) is 0. The molecule has 3 aliphatic rings. The lowest BCUT2D eigenvalue weighted by molar-refractivity contribution is 0.0404. The maximum atomic E-state index is 10.2. The summed E-state index contributed by atoms with van der Waals surface area (Å²) in [7, 11) is 0. The van der Waals surface area contributed by atoms with Gasteiger partial charge < -0.3 is 15.3 Å². The molecule has 0 aromatic rings. The molecule has 0 aliphatic heterocycles. The molecule has 7 atom stereocenters. The smallest absolute Gasteiger partial charge is 0.0809 e. The number of fused-ring (bicyclic) bond motifs is 1. The third kappa shape index (κ3) is 5.59. The molecule has 0 bridgehead atoms. The van der Waals surface area contributed by atoms with Crippen LogP contribution in [0, 0.1) is 29.1 Å². The molecule has 3 fully saturated rings. The monoisotopic (exact) mass is 444 g/mol. The first kappa shape index (κ1) is 25.7. The zero-order chi connectivity index (χ0) is 23.7.